The summed E-state index contributed by atoms with van der Waals surface area (Å²) >= 11 is 0. The standard InChI is InChI=1S/C42H26O/c1-2-12-27(13-3-1)29-16-8-17-30(26-29)39-31-18-4-6-20-33(31)41(34-21-7-5-19-32(34)39)36-23-11-25-38-42(36)35-22-9-14-28-15-10-24-37(43-38)40(28)35/h1-26H. The average molecular weight is 547 g/mol. The van der Waals surface area contributed by atoms with Crippen molar-refractivity contribution in [1.29, 1.82) is 0 Å². The van der Waals surface area contributed by atoms with Gasteiger partial charge in [0.2, 0.25) is 0 Å². The van der Waals surface area contributed by atoms with Crippen LogP contribution in [-0.2, 0) is 0 Å². The van der Waals surface area contributed by atoms with E-state index < -0.39 is 0 Å². The zero-order valence-corrected chi connectivity index (χ0v) is 23.4. The van der Waals surface area contributed by atoms with Crippen molar-refractivity contribution in [2.24, 2.45) is 0 Å². The summed E-state index contributed by atoms with van der Waals surface area (Å²) < 4.78 is 6.58. The number of rotatable bonds is 3. The van der Waals surface area contributed by atoms with E-state index in [4.69, 9.17) is 4.74 Å². The molecular weight excluding hydrogens is 520 g/mol. The molecule has 8 aromatic rings. The molecule has 43 heavy (non-hydrogen) atoms. The number of fused-ring (bicyclic) bond motifs is 4. The van der Waals surface area contributed by atoms with Gasteiger partial charge in [0, 0.05) is 10.9 Å². The van der Waals surface area contributed by atoms with Gasteiger partial charge in [-0.3, -0.25) is 0 Å². The Labute approximate surface area is 250 Å². The fraction of sp³-hybridized carbons (Fsp3) is 0. The van der Waals surface area contributed by atoms with E-state index in [0.29, 0.717) is 0 Å². The summed E-state index contributed by atoms with van der Waals surface area (Å²) in [4.78, 5) is 0. The topological polar surface area (TPSA) is 9.23 Å². The summed E-state index contributed by atoms with van der Waals surface area (Å²) in [5.41, 5.74) is 9.73. The van der Waals surface area contributed by atoms with Crippen molar-refractivity contribution in [3.8, 4) is 56.0 Å². The van der Waals surface area contributed by atoms with Crippen LogP contribution in [0.25, 0.3) is 76.8 Å². The van der Waals surface area contributed by atoms with Gasteiger partial charge in [-0.1, -0.05) is 140 Å². The summed E-state index contributed by atoms with van der Waals surface area (Å²) in [5, 5.41) is 7.33. The SMILES string of the molecule is c1ccc(-c2cccc(-c3c4ccccc4c(-c4cccc5c4-c4cccc6cccc(c46)O5)c4ccccc34)c2)cc1. The Bertz CT molecular complexity index is 2300. The summed E-state index contributed by atoms with van der Waals surface area (Å²) in [7, 11) is 0. The van der Waals surface area contributed by atoms with Crippen LogP contribution < -0.4 is 4.74 Å². The second kappa shape index (κ2) is 9.44. The third-order valence-electron chi connectivity index (χ3n) is 8.84. The van der Waals surface area contributed by atoms with Gasteiger partial charge >= 0.3 is 0 Å². The highest BCUT2D eigenvalue weighted by Crippen LogP contribution is 2.53. The van der Waals surface area contributed by atoms with Crippen LogP contribution in [0.5, 0.6) is 11.5 Å². The van der Waals surface area contributed by atoms with Crippen molar-refractivity contribution in [3.63, 3.8) is 0 Å². The summed E-state index contributed by atoms with van der Waals surface area (Å²) in [6.45, 7) is 0. The maximum atomic E-state index is 6.58. The number of hydrogen-bond acceptors (Lipinski definition) is 1. The van der Waals surface area contributed by atoms with Crippen molar-refractivity contribution in [3.05, 3.63) is 158 Å². The first-order chi connectivity index (χ1) is 21.3. The van der Waals surface area contributed by atoms with Gasteiger partial charge in [-0.25, -0.2) is 0 Å². The van der Waals surface area contributed by atoms with Gasteiger partial charge in [-0.05, 0) is 84.1 Å². The molecule has 0 saturated heterocycles. The van der Waals surface area contributed by atoms with Crippen LogP contribution in [0.1, 0.15) is 0 Å². The summed E-state index contributed by atoms with van der Waals surface area (Å²) in [6.07, 6.45) is 0. The van der Waals surface area contributed by atoms with E-state index in [2.05, 4.69) is 158 Å². The molecule has 0 spiro atoms. The van der Waals surface area contributed by atoms with Crippen molar-refractivity contribution in [2.45, 2.75) is 0 Å². The van der Waals surface area contributed by atoms with Gasteiger partial charge in [0.25, 0.3) is 0 Å². The van der Waals surface area contributed by atoms with Crippen LogP contribution in [0, 0.1) is 0 Å². The largest absolute Gasteiger partial charge is 0.456 e. The van der Waals surface area contributed by atoms with Crippen LogP contribution in [0.3, 0.4) is 0 Å². The maximum absolute atomic E-state index is 6.58. The molecule has 9 rings (SSSR count). The Balaban J connectivity index is 1.37. The zero-order chi connectivity index (χ0) is 28.3. The van der Waals surface area contributed by atoms with E-state index in [1.807, 2.05) is 0 Å². The molecule has 1 aliphatic heterocycles. The minimum Gasteiger partial charge on any atom is -0.456 e. The van der Waals surface area contributed by atoms with E-state index in [0.717, 1.165) is 17.1 Å². The first kappa shape index (κ1) is 24.0. The first-order valence-electron chi connectivity index (χ1n) is 14.8. The molecule has 1 aliphatic rings. The number of ether oxygens (including phenoxy) is 1. The zero-order valence-electron chi connectivity index (χ0n) is 23.4. The van der Waals surface area contributed by atoms with Crippen molar-refractivity contribution >= 4 is 32.3 Å². The molecule has 200 valence electrons. The van der Waals surface area contributed by atoms with Crippen LogP contribution in [0.15, 0.2) is 158 Å². The van der Waals surface area contributed by atoms with Gasteiger partial charge in [0.05, 0.1) is 0 Å². The van der Waals surface area contributed by atoms with E-state index in [1.165, 1.54) is 71.3 Å². The van der Waals surface area contributed by atoms with Crippen LogP contribution in [0.4, 0.5) is 0 Å². The second-order valence-electron chi connectivity index (χ2n) is 11.2. The highest BCUT2D eigenvalue weighted by molar-refractivity contribution is 6.23. The lowest BCUT2D eigenvalue weighted by atomic mass is 9.82. The van der Waals surface area contributed by atoms with Crippen LogP contribution in [0.2, 0.25) is 0 Å². The maximum Gasteiger partial charge on any atom is 0.135 e. The van der Waals surface area contributed by atoms with Crippen LogP contribution >= 0.6 is 0 Å². The average Bonchev–Trinajstić information content (AvgIpc) is 3.07. The van der Waals surface area contributed by atoms with Gasteiger partial charge < -0.3 is 4.74 Å². The number of benzene rings is 8. The van der Waals surface area contributed by atoms with Gasteiger partial charge in [-0.15, -0.1) is 0 Å². The Hall–Kier alpha value is -5.66. The minimum absolute atomic E-state index is 0.900. The summed E-state index contributed by atoms with van der Waals surface area (Å²) in [5.74, 6) is 1.82. The Kier molecular flexibility index (Phi) is 5.27. The van der Waals surface area contributed by atoms with E-state index >= 15 is 0 Å². The fourth-order valence-corrected chi connectivity index (χ4v) is 7.04. The molecule has 0 aliphatic carbocycles. The molecule has 0 atom stereocenters. The van der Waals surface area contributed by atoms with Crippen LogP contribution in [-0.4, -0.2) is 0 Å². The summed E-state index contributed by atoms with van der Waals surface area (Å²) in [6, 6.07) is 56.7. The quantitative estimate of drug-likeness (QED) is 0.200. The minimum atomic E-state index is 0.900. The monoisotopic (exact) mass is 546 g/mol. The lowest BCUT2D eigenvalue weighted by Gasteiger charge is -2.25. The molecular formula is C42H26O. The molecule has 1 heterocycles. The van der Waals surface area contributed by atoms with Crippen molar-refractivity contribution < 1.29 is 4.74 Å². The molecule has 1 heteroatoms. The highest BCUT2D eigenvalue weighted by atomic mass is 16.5. The third-order valence-corrected chi connectivity index (χ3v) is 8.84. The Morgan fingerprint density at radius 2 is 0.860 bits per heavy atom. The van der Waals surface area contributed by atoms with Gasteiger partial charge in [-0.2, -0.15) is 0 Å². The molecule has 8 aromatic carbocycles. The highest BCUT2D eigenvalue weighted by Gasteiger charge is 2.25. The fourth-order valence-electron chi connectivity index (χ4n) is 7.04. The predicted octanol–water partition coefficient (Wildman–Crippen LogP) is 11.9. The lowest BCUT2D eigenvalue weighted by molar-refractivity contribution is 0.487. The smallest absolute Gasteiger partial charge is 0.135 e. The molecule has 0 aromatic heterocycles. The second-order valence-corrected chi connectivity index (χ2v) is 11.2. The Morgan fingerprint density at radius 1 is 0.326 bits per heavy atom. The van der Waals surface area contributed by atoms with Gasteiger partial charge in [0.1, 0.15) is 11.5 Å². The van der Waals surface area contributed by atoms with E-state index in [-0.39, 0.29) is 0 Å². The predicted molar refractivity (Wildman–Crippen MR) is 181 cm³/mol. The molecule has 0 unspecified atom stereocenters. The lowest BCUT2D eigenvalue weighted by Crippen LogP contribution is -1.99. The van der Waals surface area contributed by atoms with E-state index in [1.54, 1.807) is 0 Å². The Morgan fingerprint density at radius 3 is 1.60 bits per heavy atom. The molecule has 1 nitrogen and oxygen atoms in total. The number of hydrogen-bond donors (Lipinski definition) is 0. The third kappa shape index (κ3) is 3.65. The van der Waals surface area contributed by atoms with E-state index in [9.17, 15) is 0 Å². The molecule has 0 saturated carbocycles. The normalized spacial score (nSPS) is 11.9. The van der Waals surface area contributed by atoms with Crippen molar-refractivity contribution in [2.75, 3.05) is 0 Å². The van der Waals surface area contributed by atoms with Crippen molar-refractivity contribution in [1.82, 2.24) is 0 Å². The molecule has 0 bridgehead atoms. The molecule has 0 N–H and O–H groups in total. The molecule has 0 amide bonds. The first-order valence-corrected chi connectivity index (χ1v) is 14.8. The molecule has 0 fully saturated rings. The van der Waals surface area contributed by atoms with Gasteiger partial charge in [0.15, 0.2) is 0 Å². The molecule has 0 radical (unpaired) electrons.